The van der Waals surface area contributed by atoms with Crippen LogP contribution >= 0.6 is 0 Å². The Labute approximate surface area is 171 Å². The summed E-state index contributed by atoms with van der Waals surface area (Å²) in [7, 11) is -3.38. The number of benzene rings is 2. The summed E-state index contributed by atoms with van der Waals surface area (Å²) in [5.41, 5.74) is 0.546. The van der Waals surface area contributed by atoms with E-state index in [1.165, 1.54) is 43.3 Å². The van der Waals surface area contributed by atoms with Gasteiger partial charge in [0.1, 0.15) is 41.0 Å². The summed E-state index contributed by atoms with van der Waals surface area (Å²) in [6, 6.07) is 7.88. The molecule has 0 saturated carbocycles. The fraction of sp³-hybridized carbons (Fsp3) is 0.200. The Hall–Kier alpha value is -3.40. The van der Waals surface area contributed by atoms with Crippen LogP contribution in [0.2, 0.25) is 0 Å². The topological polar surface area (TPSA) is 123 Å². The molecule has 0 aliphatic carbocycles. The standard InChI is InChI=1S/C20H18FNO7S/c1-11(23)9-28-17-7-14-16(8-15(17)22-10-30(2,26)27)29-19(18(14)20(24)25)12-3-5-13(21)6-4-12/h3-8,22H,9-10H2,1-2H3,(H,24,25). The summed E-state index contributed by atoms with van der Waals surface area (Å²) in [5, 5.41) is 12.6. The second-order valence-corrected chi connectivity index (χ2v) is 8.84. The molecular weight excluding hydrogens is 417 g/mol. The predicted octanol–water partition coefficient (Wildman–Crippen LogP) is 3.32. The molecule has 3 rings (SSSR count). The van der Waals surface area contributed by atoms with E-state index in [1.54, 1.807) is 0 Å². The number of anilines is 1. The van der Waals surface area contributed by atoms with Gasteiger partial charge in [-0.05, 0) is 37.3 Å². The minimum Gasteiger partial charge on any atom is -0.484 e. The van der Waals surface area contributed by atoms with Gasteiger partial charge >= 0.3 is 5.97 Å². The van der Waals surface area contributed by atoms with E-state index in [4.69, 9.17) is 9.15 Å². The lowest BCUT2D eigenvalue weighted by Gasteiger charge is -2.12. The van der Waals surface area contributed by atoms with Gasteiger partial charge in [-0.1, -0.05) is 0 Å². The SMILES string of the molecule is CC(=O)COc1cc2c(C(=O)O)c(-c3ccc(F)cc3)oc2cc1NCS(C)(=O)=O. The molecule has 0 aliphatic rings. The van der Waals surface area contributed by atoms with Crippen molar-refractivity contribution in [2.45, 2.75) is 6.92 Å². The zero-order valence-corrected chi connectivity index (χ0v) is 16.9. The fourth-order valence-electron chi connectivity index (χ4n) is 2.79. The molecule has 0 bridgehead atoms. The maximum absolute atomic E-state index is 13.3. The van der Waals surface area contributed by atoms with E-state index in [0.29, 0.717) is 5.56 Å². The molecule has 0 fully saturated rings. The number of carboxylic acids is 1. The zero-order valence-electron chi connectivity index (χ0n) is 16.1. The molecule has 0 atom stereocenters. The van der Waals surface area contributed by atoms with Crippen LogP contribution in [0.25, 0.3) is 22.3 Å². The number of halogens is 1. The molecule has 0 unspecified atom stereocenters. The van der Waals surface area contributed by atoms with Crippen LogP contribution in [-0.4, -0.2) is 44.0 Å². The average molecular weight is 435 g/mol. The Morgan fingerprint density at radius 3 is 2.43 bits per heavy atom. The molecule has 1 heterocycles. The molecule has 0 spiro atoms. The molecule has 0 saturated heterocycles. The van der Waals surface area contributed by atoms with Crippen LogP contribution in [-0.2, 0) is 14.6 Å². The molecule has 2 aromatic carbocycles. The van der Waals surface area contributed by atoms with Gasteiger partial charge in [0, 0.05) is 23.3 Å². The van der Waals surface area contributed by atoms with Crippen LogP contribution < -0.4 is 10.1 Å². The van der Waals surface area contributed by atoms with Gasteiger partial charge in [0.05, 0.1) is 5.69 Å². The van der Waals surface area contributed by atoms with Gasteiger partial charge in [-0.3, -0.25) is 4.79 Å². The van der Waals surface area contributed by atoms with E-state index in [-0.39, 0.29) is 46.1 Å². The number of ether oxygens (including phenoxy) is 1. The maximum atomic E-state index is 13.3. The first kappa shape index (κ1) is 21.3. The lowest BCUT2D eigenvalue weighted by atomic mass is 10.0. The van der Waals surface area contributed by atoms with E-state index in [0.717, 1.165) is 6.26 Å². The van der Waals surface area contributed by atoms with Crippen LogP contribution in [0, 0.1) is 5.82 Å². The molecule has 158 valence electrons. The summed E-state index contributed by atoms with van der Waals surface area (Å²) in [5.74, 6) is -2.35. The highest BCUT2D eigenvalue weighted by atomic mass is 32.2. The lowest BCUT2D eigenvalue weighted by molar-refractivity contribution is -0.118. The van der Waals surface area contributed by atoms with Gasteiger partial charge in [-0.15, -0.1) is 0 Å². The molecule has 0 radical (unpaired) electrons. The van der Waals surface area contributed by atoms with Crippen LogP contribution in [0.4, 0.5) is 10.1 Å². The number of carbonyl (C=O) groups is 2. The van der Waals surface area contributed by atoms with Gasteiger partial charge in [0.15, 0.2) is 15.6 Å². The number of carbonyl (C=O) groups excluding carboxylic acids is 1. The molecule has 2 N–H and O–H groups in total. The van der Waals surface area contributed by atoms with E-state index in [1.807, 2.05) is 0 Å². The van der Waals surface area contributed by atoms with Gasteiger partial charge in [0.25, 0.3) is 0 Å². The van der Waals surface area contributed by atoms with E-state index < -0.39 is 27.5 Å². The van der Waals surface area contributed by atoms with E-state index >= 15 is 0 Å². The Bertz CT molecular complexity index is 1230. The summed E-state index contributed by atoms with van der Waals surface area (Å²) >= 11 is 0. The van der Waals surface area contributed by atoms with Crippen LogP contribution in [0.3, 0.4) is 0 Å². The van der Waals surface area contributed by atoms with Crippen molar-refractivity contribution in [3.05, 3.63) is 47.8 Å². The second kappa shape index (κ2) is 8.15. The average Bonchev–Trinajstić information content (AvgIpc) is 3.02. The minimum absolute atomic E-state index is 0.00952. The number of carboxylic acid groups (broad SMARTS) is 1. The predicted molar refractivity (Wildman–Crippen MR) is 108 cm³/mol. The number of furan rings is 1. The van der Waals surface area contributed by atoms with Crippen molar-refractivity contribution in [1.82, 2.24) is 0 Å². The highest BCUT2D eigenvalue weighted by Gasteiger charge is 2.24. The molecule has 30 heavy (non-hydrogen) atoms. The number of hydrogen-bond acceptors (Lipinski definition) is 7. The van der Waals surface area contributed by atoms with Gasteiger partial charge < -0.3 is 19.6 Å². The first-order chi connectivity index (χ1) is 14.0. The largest absolute Gasteiger partial charge is 0.484 e. The van der Waals surface area contributed by atoms with E-state index in [2.05, 4.69) is 5.32 Å². The Balaban J connectivity index is 2.19. The van der Waals surface area contributed by atoms with Crippen molar-refractivity contribution in [3.8, 4) is 17.1 Å². The smallest absolute Gasteiger partial charge is 0.340 e. The van der Waals surface area contributed by atoms with Crippen molar-refractivity contribution in [2.75, 3.05) is 24.1 Å². The summed E-state index contributed by atoms with van der Waals surface area (Å²) in [6.45, 7) is 1.03. The van der Waals surface area contributed by atoms with Crippen LogP contribution in [0.5, 0.6) is 5.75 Å². The summed E-state index contributed by atoms with van der Waals surface area (Å²) < 4.78 is 47.5. The van der Waals surface area contributed by atoms with Crippen LogP contribution in [0.15, 0.2) is 40.8 Å². The molecule has 3 aromatic rings. The normalized spacial score (nSPS) is 11.4. The third-order valence-electron chi connectivity index (χ3n) is 4.07. The number of ketones is 1. The van der Waals surface area contributed by atoms with E-state index in [9.17, 15) is 27.5 Å². The first-order valence-corrected chi connectivity index (χ1v) is 10.7. The Kier molecular flexibility index (Phi) is 5.79. The first-order valence-electron chi connectivity index (χ1n) is 8.69. The highest BCUT2D eigenvalue weighted by Crippen LogP contribution is 2.39. The molecule has 1 aromatic heterocycles. The number of hydrogen-bond donors (Lipinski definition) is 2. The number of Topliss-reactive ketones (excluding diaryl/α,β-unsaturated/α-hetero) is 1. The Morgan fingerprint density at radius 2 is 1.87 bits per heavy atom. The number of nitrogens with one attached hydrogen (secondary N) is 1. The number of rotatable bonds is 8. The van der Waals surface area contributed by atoms with Crippen molar-refractivity contribution < 1.29 is 36.7 Å². The van der Waals surface area contributed by atoms with Gasteiger partial charge in [-0.25, -0.2) is 17.6 Å². The number of aromatic carboxylic acids is 1. The van der Waals surface area contributed by atoms with Crippen molar-refractivity contribution in [2.24, 2.45) is 0 Å². The van der Waals surface area contributed by atoms with Crippen LogP contribution in [0.1, 0.15) is 17.3 Å². The monoisotopic (exact) mass is 435 g/mol. The minimum atomic E-state index is -3.38. The molecule has 8 nitrogen and oxygen atoms in total. The van der Waals surface area contributed by atoms with Crippen molar-refractivity contribution in [3.63, 3.8) is 0 Å². The quantitative estimate of drug-likeness (QED) is 0.552. The third-order valence-corrected chi connectivity index (χ3v) is 4.73. The van der Waals surface area contributed by atoms with Crippen molar-refractivity contribution in [1.29, 1.82) is 0 Å². The number of fused-ring (bicyclic) bond motifs is 1. The lowest BCUT2D eigenvalue weighted by Crippen LogP contribution is -2.14. The maximum Gasteiger partial charge on any atom is 0.340 e. The zero-order chi connectivity index (χ0) is 22.1. The molecule has 0 aliphatic heterocycles. The third kappa shape index (κ3) is 4.77. The number of sulfone groups is 1. The Morgan fingerprint density at radius 1 is 1.20 bits per heavy atom. The fourth-order valence-corrected chi connectivity index (χ4v) is 3.20. The molecule has 10 heteroatoms. The summed E-state index contributed by atoms with van der Waals surface area (Å²) in [4.78, 5) is 23.2. The second-order valence-electron chi connectivity index (χ2n) is 6.70. The molecular formula is C20H18FNO7S. The molecule has 0 amide bonds. The summed E-state index contributed by atoms with van der Waals surface area (Å²) in [6.07, 6.45) is 1.04. The highest BCUT2D eigenvalue weighted by molar-refractivity contribution is 7.90. The van der Waals surface area contributed by atoms with Crippen molar-refractivity contribution >= 4 is 38.2 Å². The van der Waals surface area contributed by atoms with Gasteiger partial charge in [0.2, 0.25) is 0 Å². The van der Waals surface area contributed by atoms with Gasteiger partial charge in [-0.2, -0.15) is 0 Å².